The van der Waals surface area contributed by atoms with Gasteiger partial charge in [-0.05, 0) is 61.6 Å². The minimum Gasteiger partial charge on any atom is -0.481 e. The minimum atomic E-state index is -0.794. The second-order valence-electron chi connectivity index (χ2n) is 8.65. The summed E-state index contributed by atoms with van der Waals surface area (Å²) in [6, 6.07) is 10.8. The van der Waals surface area contributed by atoms with Crippen LogP contribution in [0.4, 0.5) is 5.69 Å². The molecule has 2 aliphatic rings. The highest BCUT2D eigenvalue weighted by Gasteiger charge is 2.36. The highest BCUT2D eigenvalue weighted by atomic mass is 16.4. The fraction of sp³-hybridized carbons (Fsp3) is 0.458. The van der Waals surface area contributed by atoms with Gasteiger partial charge in [0.1, 0.15) is 11.5 Å². The van der Waals surface area contributed by atoms with E-state index in [-0.39, 0.29) is 17.7 Å². The van der Waals surface area contributed by atoms with Gasteiger partial charge in [-0.15, -0.1) is 0 Å². The summed E-state index contributed by atoms with van der Waals surface area (Å²) in [6.45, 7) is 3.10. The first-order valence-corrected chi connectivity index (χ1v) is 10.9. The lowest BCUT2D eigenvalue weighted by Crippen LogP contribution is -2.40. The van der Waals surface area contributed by atoms with Crippen molar-refractivity contribution < 1.29 is 23.9 Å². The Hall–Kier alpha value is -3.09. The first-order chi connectivity index (χ1) is 14.9. The van der Waals surface area contributed by atoms with Crippen molar-refractivity contribution in [1.82, 2.24) is 4.90 Å². The molecule has 2 aromatic rings. The number of nitrogens with one attached hydrogen (secondary N) is 1. The van der Waals surface area contributed by atoms with Gasteiger partial charge in [0.25, 0.3) is 5.91 Å². The highest BCUT2D eigenvalue weighted by molar-refractivity contribution is 5.96. The molecule has 1 aliphatic carbocycles. The van der Waals surface area contributed by atoms with Crippen LogP contribution in [0.5, 0.6) is 0 Å². The number of carbonyl (C=O) groups is 3. The van der Waals surface area contributed by atoms with Crippen LogP contribution < -0.4 is 5.32 Å². The number of carbonyl (C=O) groups excluding carboxylic acids is 2. The number of hydrogen-bond donors (Lipinski definition) is 2. The van der Waals surface area contributed by atoms with E-state index in [9.17, 15) is 14.4 Å². The number of likely N-dealkylation sites (tertiary alicyclic amines) is 1. The molecule has 2 fully saturated rings. The molecule has 164 valence electrons. The lowest BCUT2D eigenvalue weighted by molar-refractivity contribution is -0.143. The van der Waals surface area contributed by atoms with Crippen LogP contribution in [-0.4, -0.2) is 40.9 Å². The number of rotatable bonds is 7. The van der Waals surface area contributed by atoms with E-state index < -0.39 is 5.97 Å². The number of benzene rings is 1. The van der Waals surface area contributed by atoms with Crippen molar-refractivity contribution in [3.8, 4) is 0 Å². The van der Waals surface area contributed by atoms with E-state index in [0.29, 0.717) is 61.9 Å². The number of aliphatic carboxylic acids is 1. The molecule has 1 aromatic carbocycles. The zero-order valence-corrected chi connectivity index (χ0v) is 17.7. The minimum absolute atomic E-state index is 0.104. The Bertz CT molecular complexity index is 957. The lowest BCUT2D eigenvalue weighted by Gasteiger charge is -2.30. The number of carboxylic acid groups (broad SMARTS) is 1. The summed E-state index contributed by atoms with van der Waals surface area (Å²) in [5.41, 5.74) is 1.17. The van der Waals surface area contributed by atoms with Gasteiger partial charge in [-0.25, -0.2) is 0 Å². The molecule has 4 rings (SSSR count). The summed E-state index contributed by atoms with van der Waals surface area (Å²) in [7, 11) is 0. The molecule has 1 aromatic heterocycles. The summed E-state index contributed by atoms with van der Waals surface area (Å²) in [5, 5.41) is 11.9. The van der Waals surface area contributed by atoms with Crippen molar-refractivity contribution in [2.75, 3.05) is 18.4 Å². The van der Waals surface area contributed by atoms with Crippen LogP contribution >= 0.6 is 0 Å². The summed E-state index contributed by atoms with van der Waals surface area (Å²) in [6.07, 6.45) is 3.01. The fourth-order valence-corrected chi connectivity index (χ4v) is 4.12. The van der Waals surface area contributed by atoms with Crippen LogP contribution in [0.3, 0.4) is 0 Å². The van der Waals surface area contributed by atoms with Crippen LogP contribution in [0.25, 0.3) is 0 Å². The zero-order chi connectivity index (χ0) is 22.0. The van der Waals surface area contributed by atoms with E-state index in [1.54, 1.807) is 29.2 Å². The Morgan fingerprint density at radius 2 is 1.77 bits per heavy atom. The molecule has 0 spiro atoms. The van der Waals surface area contributed by atoms with E-state index in [0.717, 1.165) is 11.5 Å². The Balaban J connectivity index is 1.24. The van der Waals surface area contributed by atoms with Gasteiger partial charge >= 0.3 is 5.97 Å². The van der Waals surface area contributed by atoms with E-state index >= 15 is 0 Å². The molecule has 2 heterocycles. The molecule has 0 bridgehead atoms. The number of amides is 2. The molecule has 0 radical (unpaired) electrons. The van der Waals surface area contributed by atoms with Gasteiger partial charge < -0.3 is 19.7 Å². The topological polar surface area (TPSA) is 99.9 Å². The predicted molar refractivity (Wildman–Crippen MR) is 115 cm³/mol. The van der Waals surface area contributed by atoms with Crippen molar-refractivity contribution in [2.45, 2.75) is 44.9 Å². The smallest absolute Gasteiger partial charge is 0.306 e. The number of furan rings is 1. The Labute approximate surface area is 181 Å². The van der Waals surface area contributed by atoms with Gasteiger partial charge in [-0.3, -0.25) is 14.4 Å². The van der Waals surface area contributed by atoms with E-state index in [1.807, 2.05) is 12.1 Å². The monoisotopic (exact) mass is 424 g/mol. The van der Waals surface area contributed by atoms with Gasteiger partial charge in [0.15, 0.2) is 0 Å². The fourth-order valence-electron chi connectivity index (χ4n) is 4.12. The summed E-state index contributed by atoms with van der Waals surface area (Å²) < 4.78 is 5.84. The second-order valence-corrected chi connectivity index (χ2v) is 8.65. The standard InChI is InChI=1S/C24H28N2O5/c1-15-14-20(15)21-8-6-19(31-21)7-9-22(27)25-18-4-2-16(3-5-18)23(28)26-12-10-17(11-13-26)24(29)30/h2-6,8,15,17,20H,7,9-14H2,1H3,(H,25,27)(H,29,30)/t15-,20-/m1/s1. The third-order valence-electron chi connectivity index (χ3n) is 6.30. The molecule has 0 unspecified atom stereocenters. The Morgan fingerprint density at radius 1 is 1.10 bits per heavy atom. The van der Waals surface area contributed by atoms with Gasteiger partial charge in [0.05, 0.1) is 5.92 Å². The van der Waals surface area contributed by atoms with Crippen molar-refractivity contribution in [3.63, 3.8) is 0 Å². The third kappa shape index (κ3) is 5.16. The number of piperidine rings is 1. The average molecular weight is 424 g/mol. The first kappa shape index (κ1) is 21.2. The Kier molecular flexibility index (Phi) is 6.11. The van der Waals surface area contributed by atoms with Crippen molar-refractivity contribution in [1.29, 1.82) is 0 Å². The second kappa shape index (κ2) is 8.96. The van der Waals surface area contributed by atoms with Crippen LogP contribution in [-0.2, 0) is 16.0 Å². The molecule has 7 nitrogen and oxygen atoms in total. The highest BCUT2D eigenvalue weighted by Crippen LogP contribution is 2.47. The van der Waals surface area contributed by atoms with Gasteiger partial charge in [0, 0.05) is 43.1 Å². The maximum Gasteiger partial charge on any atom is 0.306 e. The number of hydrogen-bond acceptors (Lipinski definition) is 4. The number of nitrogens with zero attached hydrogens (tertiary/aromatic N) is 1. The summed E-state index contributed by atoms with van der Waals surface area (Å²) in [5.74, 6) is 1.70. The molecule has 2 atom stereocenters. The van der Waals surface area contributed by atoms with Crippen LogP contribution in [0.15, 0.2) is 40.8 Å². The summed E-state index contributed by atoms with van der Waals surface area (Å²) >= 11 is 0. The van der Waals surface area contributed by atoms with Gasteiger partial charge in [-0.2, -0.15) is 0 Å². The van der Waals surface area contributed by atoms with Crippen molar-refractivity contribution in [3.05, 3.63) is 53.5 Å². The molecular weight excluding hydrogens is 396 g/mol. The number of aryl methyl sites for hydroxylation is 1. The molecule has 7 heteroatoms. The molecule has 1 saturated heterocycles. The molecule has 1 saturated carbocycles. The quantitative estimate of drug-likeness (QED) is 0.702. The van der Waals surface area contributed by atoms with Crippen molar-refractivity contribution in [2.24, 2.45) is 11.8 Å². The average Bonchev–Trinajstić information content (AvgIpc) is 3.31. The lowest BCUT2D eigenvalue weighted by atomic mass is 9.96. The van der Waals surface area contributed by atoms with Crippen LogP contribution in [0, 0.1) is 11.8 Å². The van der Waals surface area contributed by atoms with E-state index in [4.69, 9.17) is 9.52 Å². The molecular formula is C24H28N2O5. The van der Waals surface area contributed by atoms with Crippen molar-refractivity contribution >= 4 is 23.5 Å². The number of carboxylic acids is 1. The van der Waals surface area contributed by atoms with Crippen LogP contribution in [0.1, 0.15) is 60.4 Å². The SMILES string of the molecule is C[C@@H]1C[C@H]1c1ccc(CCC(=O)Nc2ccc(C(=O)N3CCC(C(=O)O)CC3)cc2)o1. The summed E-state index contributed by atoms with van der Waals surface area (Å²) in [4.78, 5) is 37.6. The van der Waals surface area contributed by atoms with Gasteiger partial charge in [-0.1, -0.05) is 6.92 Å². The third-order valence-corrected chi connectivity index (χ3v) is 6.30. The predicted octanol–water partition coefficient (Wildman–Crippen LogP) is 3.91. The Morgan fingerprint density at radius 3 is 2.39 bits per heavy atom. The molecule has 2 N–H and O–H groups in total. The van der Waals surface area contributed by atoms with E-state index in [1.165, 1.54) is 6.42 Å². The molecule has 1 aliphatic heterocycles. The molecule has 31 heavy (non-hydrogen) atoms. The zero-order valence-electron chi connectivity index (χ0n) is 17.7. The normalized spacial score (nSPS) is 21.0. The molecule has 2 amide bonds. The van der Waals surface area contributed by atoms with Crippen LogP contribution in [0.2, 0.25) is 0 Å². The largest absolute Gasteiger partial charge is 0.481 e. The maximum atomic E-state index is 12.6. The first-order valence-electron chi connectivity index (χ1n) is 10.9. The van der Waals surface area contributed by atoms with Gasteiger partial charge in [0.2, 0.25) is 5.91 Å². The maximum absolute atomic E-state index is 12.6. The number of anilines is 1. The van der Waals surface area contributed by atoms with E-state index in [2.05, 4.69) is 12.2 Å².